The standard InChI is InChI=1S/C20H23ClN4O4/c21-17-2-3-18(19(14-17)25(27)28)20(26)24(15-16-4-6-22-7-5-16)9-1-8-23-10-12-29-13-11-23/h2-7,14H,1,8-13,15H2. The van der Waals surface area contributed by atoms with Gasteiger partial charge < -0.3 is 9.64 Å². The zero-order chi connectivity index (χ0) is 20.6. The van der Waals surface area contributed by atoms with E-state index in [1.807, 2.05) is 12.1 Å². The van der Waals surface area contributed by atoms with E-state index in [1.54, 1.807) is 17.3 Å². The third kappa shape index (κ3) is 5.96. The van der Waals surface area contributed by atoms with Gasteiger partial charge in [-0.3, -0.25) is 24.8 Å². The molecule has 1 aliphatic rings. The molecule has 1 amide bonds. The molecular formula is C20H23ClN4O4. The molecule has 1 fully saturated rings. The number of pyridine rings is 1. The van der Waals surface area contributed by atoms with Crippen molar-refractivity contribution in [3.63, 3.8) is 0 Å². The first-order chi connectivity index (χ1) is 14.0. The van der Waals surface area contributed by atoms with Gasteiger partial charge in [-0.15, -0.1) is 0 Å². The molecule has 29 heavy (non-hydrogen) atoms. The molecule has 1 aromatic heterocycles. The number of hydrogen-bond donors (Lipinski definition) is 0. The number of carbonyl (C=O) groups is 1. The minimum atomic E-state index is -0.572. The summed E-state index contributed by atoms with van der Waals surface area (Å²) in [5.41, 5.74) is 0.673. The molecule has 0 aliphatic carbocycles. The van der Waals surface area contributed by atoms with E-state index in [2.05, 4.69) is 9.88 Å². The van der Waals surface area contributed by atoms with Gasteiger partial charge in [-0.25, -0.2) is 0 Å². The number of nitrogens with zero attached hydrogens (tertiary/aromatic N) is 4. The number of ether oxygens (including phenoxy) is 1. The fraction of sp³-hybridized carbons (Fsp3) is 0.400. The van der Waals surface area contributed by atoms with Crippen LogP contribution in [0.15, 0.2) is 42.7 Å². The second-order valence-corrected chi connectivity index (χ2v) is 7.24. The Balaban J connectivity index is 1.76. The molecule has 3 rings (SSSR count). The molecule has 0 bridgehead atoms. The third-order valence-electron chi connectivity index (χ3n) is 4.80. The molecule has 0 N–H and O–H groups in total. The summed E-state index contributed by atoms with van der Waals surface area (Å²) in [4.78, 5) is 32.0. The summed E-state index contributed by atoms with van der Waals surface area (Å²) in [5, 5.41) is 11.7. The fourth-order valence-corrected chi connectivity index (χ4v) is 3.44. The highest BCUT2D eigenvalue weighted by atomic mass is 35.5. The summed E-state index contributed by atoms with van der Waals surface area (Å²) in [6, 6.07) is 7.80. The number of benzene rings is 1. The van der Waals surface area contributed by atoms with Crippen molar-refractivity contribution in [2.24, 2.45) is 0 Å². The summed E-state index contributed by atoms with van der Waals surface area (Å²) in [6.07, 6.45) is 4.09. The zero-order valence-corrected chi connectivity index (χ0v) is 16.8. The minimum Gasteiger partial charge on any atom is -0.379 e. The number of aromatic nitrogens is 1. The van der Waals surface area contributed by atoms with Crippen LogP contribution in [0.25, 0.3) is 0 Å². The van der Waals surface area contributed by atoms with Crippen LogP contribution in [0, 0.1) is 10.1 Å². The first kappa shape index (κ1) is 21.2. The molecule has 0 saturated carbocycles. The minimum absolute atomic E-state index is 0.0415. The van der Waals surface area contributed by atoms with Crippen LogP contribution in [0.3, 0.4) is 0 Å². The summed E-state index contributed by atoms with van der Waals surface area (Å²) >= 11 is 5.89. The topological polar surface area (TPSA) is 88.8 Å². The molecular weight excluding hydrogens is 396 g/mol. The van der Waals surface area contributed by atoms with E-state index >= 15 is 0 Å². The molecule has 154 valence electrons. The maximum absolute atomic E-state index is 13.2. The number of morpholine rings is 1. The SMILES string of the molecule is O=C(c1ccc(Cl)cc1[N+](=O)[O-])N(CCCN1CCOCC1)Cc1ccncc1. The lowest BCUT2D eigenvalue weighted by Gasteiger charge is -2.28. The van der Waals surface area contributed by atoms with Crippen molar-refractivity contribution in [1.82, 2.24) is 14.8 Å². The van der Waals surface area contributed by atoms with Crippen LogP contribution in [0.1, 0.15) is 22.3 Å². The summed E-state index contributed by atoms with van der Waals surface area (Å²) < 4.78 is 5.36. The number of nitro benzene ring substituents is 1. The second-order valence-electron chi connectivity index (χ2n) is 6.81. The van der Waals surface area contributed by atoms with Gasteiger partial charge in [-0.1, -0.05) is 11.6 Å². The molecule has 0 unspecified atom stereocenters. The number of carbonyl (C=O) groups excluding carboxylic acids is 1. The number of nitro groups is 1. The Bertz CT molecular complexity index is 844. The Morgan fingerprint density at radius 3 is 2.66 bits per heavy atom. The van der Waals surface area contributed by atoms with Gasteiger partial charge in [-0.2, -0.15) is 0 Å². The summed E-state index contributed by atoms with van der Waals surface area (Å²) in [6.45, 7) is 4.86. The molecule has 8 nitrogen and oxygen atoms in total. The van der Waals surface area contributed by atoms with Crippen molar-refractivity contribution in [2.75, 3.05) is 39.4 Å². The van der Waals surface area contributed by atoms with Crippen LogP contribution < -0.4 is 0 Å². The van der Waals surface area contributed by atoms with Crippen LogP contribution in [0.4, 0.5) is 5.69 Å². The Kier molecular flexibility index (Phi) is 7.51. The quantitative estimate of drug-likeness (QED) is 0.483. The van der Waals surface area contributed by atoms with Crippen LogP contribution >= 0.6 is 11.6 Å². The molecule has 0 atom stereocenters. The van der Waals surface area contributed by atoms with Gasteiger partial charge in [0.1, 0.15) is 5.56 Å². The average molecular weight is 419 g/mol. The number of rotatable bonds is 8. The molecule has 0 radical (unpaired) electrons. The first-order valence-electron chi connectivity index (χ1n) is 9.47. The van der Waals surface area contributed by atoms with E-state index in [4.69, 9.17) is 16.3 Å². The Labute approximate surface area is 174 Å². The normalized spacial score (nSPS) is 14.5. The summed E-state index contributed by atoms with van der Waals surface area (Å²) in [7, 11) is 0. The lowest BCUT2D eigenvalue weighted by Crippen LogP contribution is -2.39. The lowest BCUT2D eigenvalue weighted by atomic mass is 10.1. The highest BCUT2D eigenvalue weighted by Crippen LogP contribution is 2.25. The van der Waals surface area contributed by atoms with E-state index < -0.39 is 4.92 Å². The van der Waals surface area contributed by atoms with Crippen LogP contribution in [-0.4, -0.2) is 65.0 Å². The third-order valence-corrected chi connectivity index (χ3v) is 5.04. The van der Waals surface area contributed by atoms with Gasteiger partial charge in [-0.05, 0) is 36.2 Å². The van der Waals surface area contributed by atoms with E-state index in [0.717, 1.165) is 44.8 Å². The van der Waals surface area contributed by atoms with Crippen molar-refractivity contribution < 1.29 is 14.5 Å². The molecule has 2 heterocycles. The van der Waals surface area contributed by atoms with Gasteiger partial charge >= 0.3 is 0 Å². The largest absolute Gasteiger partial charge is 0.379 e. The monoisotopic (exact) mass is 418 g/mol. The lowest BCUT2D eigenvalue weighted by molar-refractivity contribution is -0.385. The fourth-order valence-electron chi connectivity index (χ4n) is 3.28. The predicted molar refractivity (Wildman–Crippen MR) is 109 cm³/mol. The predicted octanol–water partition coefficient (Wildman–Crippen LogP) is 3.01. The van der Waals surface area contributed by atoms with Crippen LogP contribution in [0.5, 0.6) is 0 Å². The highest BCUT2D eigenvalue weighted by molar-refractivity contribution is 6.31. The number of amides is 1. The van der Waals surface area contributed by atoms with Crippen molar-refractivity contribution in [3.8, 4) is 0 Å². The van der Waals surface area contributed by atoms with E-state index in [-0.39, 0.29) is 22.2 Å². The first-order valence-corrected chi connectivity index (χ1v) is 9.84. The van der Waals surface area contributed by atoms with Gasteiger partial charge in [0.2, 0.25) is 0 Å². The maximum Gasteiger partial charge on any atom is 0.283 e. The van der Waals surface area contributed by atoms with Gasteiger partial charge in [0.05, 0.1) is 18.1 Å². The van der Waals surface area contributed by atoms with Gasteiger partial charge in [0, 0.05) is 56.2 Å². The van der Waals surface area contributed by atoms with Crippen molar-refractivity contribution >= 4 is 23.2 Å². The molecule has 9 heteroatoms. The number of halogens is 1. The molecule has 1 aliphatic heterocycles. The number of hydrogen-bond acceptors (Lipinski definition) is 6. The van der Waals surface area contributed by atoms with E-state index in [9.17, 15) is 14.9 Å². The molecule has 1 saturated heterocycles. The Hall–Kier alpha value is -2.55. The highest BCUT2D eigenvalue weighted by Gasteiger charge is 2.25. The van der Waals surface area contributed by atoms with Crippen molar-refractivity contribution in [2.45, 2.75) is 13.0 Å². The van der Waals surface area contributed by atoms with Crippen molar-refractivity contribution in [3.05, 3.63) is 69.0 Å². The summed E-state index contributed by atoms with van der Waals surface area (Å²) in [5.74, 6) is -0.382. The smallest absolute Gasteiger partial charge is 0.283 e. The molecule has 1 aromatic carbocycles. The van der Waals surface area contributed by atoms with Crippen LogP contribution in [0.2, 0.25) is 5.02 Å². The Morgan fingerprint density at radius 1 is 1.24 bits per heavy atom. The maximum atomic E-state index is 13.2. The Morgan fingerprint density at radius 2 is 1.97 bits per heavy atom. The van der Waals surface area contributed by atoms with Crippen LogP contribution in [-0.2, 0) is 11.3 Å². The van der Waals surface area contributed by atoms with Gasteiger partial charge in [0.15, 0.2) is 0 Å². The van der Waals surface area contributed by atoms with E-state index in [1.165, 1.54) is 18.2 Å². The average Bonchev–Trinajstić information content (AvgIpc) is 2.74. The van der Waals surface area contributed by atoms with Gasteiger partial charge in [0.25, 0.3) is 11.6 Å². The second kappa shape index (κ2) is 10.3. The molecule has 2 aromatic rings. The van der Waals surface area contributed by atoms with Crippen molar-refractivity contribution in [1.29, 1.82) is 0 Å². The molecule has 0 spiro atoms. The van der Waals surface area contributed by atoms with E-state index in [0.29, 0.717) is 13.1 Å². The zero-order valence-electron chi connectivity index (χ0n) is 16.0.